The zero-order valence-electron chi connectivity index (χ0n) is 13.3. The van der Waals surface area contributed by atoms with Crippen molar-refractivity contribution in [3.63, 3.8) is 0 Å². The van der Waals surface area contributed by atoms with E-state index in [2.05, 4.69) is 0 Å². The lowest BCUT2D eigenvalue weighted by atomic mass is 10.0. The van der Waals surface area contributed by atoms with Crippen LogP contribution >= 0.6 is 0 Å². The van der Waals surface area contributed by atoms with Crippen LogP contribution in [0.2, 0.25) is 0 Å². The molecule has 118 valence electrons. The fourth-order valence-electron chi connectivity index (χ4n) is 2.12. The summed E-state index contributed by atoms with van der Waals surface area (Å²) in [5.74, 6) is 0.264. The van der Waals surface area contributed by atoms with Gasteiger partial charge >= 0.3 is 6.09 Å². The first-order valence-corrected chi connectivity index (χ1v) is 7.21. The molecule has 0 spiro atoms. The average molecular weight is 295 g/mol. The molecular formula is C16H25NO4. The van der Waals surface area contributed by atoms with Crippen LogP contribution in [-0.4, -0.2) is 28.2 Å². The molecule has 0 saturated carbocycles. The molecule has 1 amide bonds. The Hall–Kier alpha value is -1.75. The molecule has 0 bridgehead atoms. The number of carbonyl (C=O) groups excluding carboxylic acids is 1. The zero-order valence-corrected chi connectivity index (χ0v) is 13.3. The summed E-state index contributed by atoms with van der Waals surface area (Å²) in [4.78, 5) is 13.6. The van der Waals surface area contributed by atoms with Gasteiger partial charge in [-0.15, -0.1) is 0 Å². The van der Waals surface area contributed by atoms with Gasteiger partial charge in [0.25, 0.3) is 0 Å². The summed E-state index contributed by atoms with van der Waals surface area (Å²) in [6.45, 7) is 9.57. The van der Waals surface area contributed by atoms with Crippen LogP contribution in [0.25, 0.3) is 0 Å². The Morgan fingerprint density at radius 3 is 2.38 bits per heavy atom. The van der Waals surface area contributed by atoms with Gasteiger partial charge in [0.2, 0.25) is 0 Å². The molecule has 1 N–H and O–H groups in total. The number of hydrogen-bond donors (Lipinski definition) is 1. The van der Waals surface area contributed by atoms with E-state index in [0.29, 0.717) is 5.76 Å². The highest BCUT2D eigenvalue weighted by Gasteiger charge is 2.21. The molecule has 2 atom stereocenters. The molecule has 0 aliphatic rings. The molecule has 5 heteroatoms. The third kappa shape index (κ3) is 4.93. The minimum absolute atomic E-state index is 0.0667. The molecule has 0 saturated heterocycles. The van der Waals surface area contributed by atoms with Gasteiger partial charge in [0.05, 0.1) is 12.5 Å². The van der Waals surface area contributed by atoms with E-state index in [0.717, 1.165) is 0 Å². The van der Waals surface area contributed by atoms with Gasteiger partial charge in [-0.25, -0.2) is 4.79 Å². The Balaban J connectivity index is 2.55. The first-order chi connectivity index (χ1) is 9.84. The van der Waals surface area contributed by atoms with Gasteiger partial charge < -0.3 is 19.2 Å². The quantitative estimate of drug-likeness (QED) is 0.812. The van der Waals surface area contributed by atoms with Crippen molar-refractivity contribution in [2.45, 2.75) is 52.8 Å². The zero-order chi connectivity index (χ0) is 16.0. The largest absolute Gasteiger partial charge is 0.467 e. The van der Waals surface area contributed by atoms with Crippen molar-refractivity contribution in [3.8, 4) is 0 Å². The van der Waals surface area contributed by atoms with E-state index in [-0.39, 0.29) is 18.0 Å². The predicted molar refractivity (Wildman–Crippen MR) is 80.6 cm³/mol. The highest BCUT2D eigenvalue weighted by molar-refractivity contribution is 5.68. The van der Waals surface area contributed by atoms with Crippen molar-refractivity contribution in [1.82, 2.24) is 4.90 Å². The number of ether oxygens (including phenoxy) is 1. The van der Waals surface area contributed by atoms with Crippen molar-refractivity contribution in [3.05, 3.63) is 36.5 Å². The smallest absolute Gasteiger partial charge is 0.415 e. The number of furan rings is 1. The Kier molecular flexibility index (Phi) is 6.49. The summed E-state index contributed by atoms with van der Waals surface area (Å²) in [6.07, 6.45) is 3.33. The van der Waals surface area contributed by atoms with Gasteiger partial charge in [-0.3, -0.25) is 0 Å². The molecule has 1 aromatic rings. The number of nitrogens with zero attached hydrogens (tertiary/aromatic N) is 1. The molecule has 0 aromatic carbocycles. The SMILES string of the molecule is CC(C)N(C(=O)O/C=C\[C@H](C)[C@H](O)c1ccco1)C(C)C. The Morgan fingerprint density at radius 1 is 1.29 bits per heavy atom. The van der Waals surface area contributed by atoms with Crippen molar-refractivity contribution in [1.29, 1.82) is 0 Å². The number of aliphatic hydroxyl groups is 1. The van der Waals surface area contributed by atoms with Crippen molar-refractivity contribution >= 4 is 6.09 Å². The summed E-state index contributed by atoms with van der Waals surface area (Å²) < 4.78 is 10.3. The first kappa shape index (κ1) is 17.3. The van der Waals surface area contributed by atoms with Gasteiger partial charge in [0, 0.05) is 18.0 Å². The minimum atomic E-state index is -0.763. The van der Waals surface area contributed by atoms with Crippen LogP contribution in [0.15, 0.2) is 35.2 Å². The Morgan fingerprint density at radius 2 is 1.90 bits per heavy atom. The van der Waals surface area contributed by atoms with Crippen LogP contribution in [0.5, 0.6) is 0 Å². The van der Waals surface area contributed by atoms with Crippen LogP contribution < -0.4 is 0 Å². The van der Waals surface area contributed by atoms with E-state index in [4.69, 9.17) is 9.15 Å². The maximum absolute atomic E-state index is 12.0. The molecule has 1 aromatic heterocycles. The Bertz CT molecular complexity index is 443. The molecular weight excluding hydrogens is 270 g/mol. The van der Waals surface area contributed by atoms with Crippen LogP contribution in [0.3, 0.4) is 0 Å². The van der Waals surface area contributed by atoms with E-state index in [9.17, 15) is 9.90 Å². The van der Waals surface area contributed by atoms with Crippen LogP contribution in [0.1, 0.15) is 46.5 Å². The minimum Gasteiger partial charge on any atom is -0.467 e. The maximum atomic E-state index is 12.0. The van der Waals surface area contributed by atoms with E-state index in [1.54, 1.807) is 23.1 Å². The van der Waals surface area contributed by atoms with E-state index in [1.807, 2.05) is 34.6 Å². The van der Waals surface area contributed by atoms with Crippen LogP contribution in [-0.2, 0) is 4.74 Å². The van der Waals surface area contributed by atoms with Gasteiger partial charge in [-0.1, -0.05) is 6.92 Å². The van der Waals surface area contributed by atoms with Crippen molar-refractivity contribution in [2.24, 2.45) is 5.92 Å². The van der Waals surface area contributed by atoms with Gasteiger partial charge in [0.15, 0.2) is 0 Å². The third-order valence-electron chi connectivity index (χ3n) is 3.21. The topological polar surface area (TPSA) is 62.9 Å². The standard InChI is InChI=1S/C16H25NO4/c1-11(2)17(12(3)4)16(19)21-10-8-13(5)15(18)14-7-6-9-20-14/h6-13,15,18H,1-5H3/b10-8-/t13-,15-/m0/s1. The lowest BCUT2D eigenvalue weighted by molar-refractivity contribution is 0.103. The third-order valence-corrected chi connectivity index (χ3v) is 3.21. The molecule has 0 fully saturated rings. The number of rotatable bonds is 6. The second kappa shape index (κ2) is 7.88. The summed E-state index contributed by atoms with van der Waals surface area (Å²) in [5.41, 5.74) is 0. The first-order valence-electron chi connectivity index (χ1n) is 7.21. The van der Waals surface area contributed by atoms with E-state index in [1.165, 1.54) is 12.5 Å². The molecule has 0 radical (unpaired) electrons. The highest BCUT2D eigenvalue weighted by atomic mass is 16.5. The summed E-state index contributed by atoms with van der Waals surface area (Å²) >= 11 is 0. The number of amides is 1. The molecule has 21 heavy (non-hydrogen) atoms. The number of aliphatic hydroxyl groups excluding tert-OH is 1. The fourth-order valence-corrected chi connectivity index (χ4v) is 2.12. The lowest BCUT2D eigenvalue weighted by Gasteiger charge is -2.29. The second-order valence-corrected chi connectivity index (χ2v) is 5.63. The average Bonchev–Trinajstić information content (AvgIpc) is 2.90. The fraction of sp³-hybridized carbons (Fsp3) is 0.562. The predicted octanol–water partition coefficient (Wildman–Crippen LogP) is 3.72. The summed E-state index contributed by atoms with van der Waals surface area (Å²) in [6, 6.07) is 3.56. The number of hydrogen-bond acceptors (Lipinski definition) is 4. The molecule has 0 aliphatic carbocycles. The van der Waals surface area contributed by atoms with Gasteiger partial charge in [-0.2, -0.15) is 0 Å². The number of carbonyl (C=O) groups is 1. The summed E-state index contributed by atoms with van der Waals surface area (Å²) in [5, 5.41) is 10.0. The Labute approximate surface area is 126 Å². The second-order valence-electron chi connectivity index (χ2n) is 5.63. The molecule has 1 heterocycles. The van der Waals surface area contributed by atoms with Crippen molar-refractivity contribution < 1.29 is 19.1 Å². The summed E-state index contributed by atoms with van der Waals surface area (Å²) in [7, 11) is 0. The van der Waals surface area contributed by atoms with E-state index >= 15 is 0 Å². The van der Waals surface area contributed by atoms with Crippen LogP contribution in [0.4, 0.5) is 4.79 Å². The van der Waals surface area contributed by atoms with Gasteiger partial charge in [0.1, 0.15) is 11.9 Å². The molecule has 1 rings (SSSR count). The molecule has 5 nitrogen and oxygen atoms in total. The van der Waals surface area contributed by atoms with Crippen LogP contribution in [0, 0.1) is 5.92 Å². The maximum Gasteiger partial charge on any atom is 0.415 e. The van der Waals surface area contributed by atoms with Gasteiger partial charge in [-0.05, 0) is 45.9 Å². The molecule has 0 unspecified atom stereocenters. The van der Waals surface area contributed by atoms with Crippen molar-refractivity contribution in [2.75, 3.05) is 0 Å². The highest BCUT2D eigenvalue weighted by Crippen LogP contribution is 2.23. The molecule has 0 aliphatic heterocycles. The normalized spacial score (nSPS) is 14.7. The monoisotopic (exact) mass is 295 g/mol. The lowest BCUT2D eigenvalue weighted by Crippen LogP contribution is -2.41. The van der Waals surface area contributed by atoms with E-state index < -0.39 is 12.2 Å².